The fraction of sp³-hybridized carbons (Fsp3) is 0.143. The van der Waals surface area contributed by atoms with E-state index < -0.39 is 5.91 Å². The summed E-state index contributed by atoms with van der Waals surface area (Å²) >= 11 is 0. The van der Waals surface area contributed by atoms with Gasteiger partial charge in [-0.05, 0) is 24.6 Å². The molecular formula is C14H14N4O2. The molecule has 0 aliphatic heterocycles. The Labute approximate surface area is 116 Å². The number of pyridine rings is 2. The van der Waals surface area contributed by atoms with E-state index in [2.05, 4.69) is 15.3 Å². The van der Waals surface area contributed by atoms with Gasteiger partial charge in [0, 0.05) is 30.7 Å². The van der Waals surface area contributed by atoms with Crippen LogP contribution >= 0.6 is 0 Å². The smallest absolute Gasteiger partial charge is 0.272 e. The number of ketones is 1. The molecule has 6 heteroatoms. The number of carbonyl (C=O) groups is 2. The van der Waals surface area contributed by atoms with Crippen molar-refractivity contribution in [1.29, 1.82) is 0 Å². The number of nitrogens with zero attached hydrogens (tertiary/aromatic N) is 2. The number of carbonyl (C=O) groups excluding carboxylic acids is 2. The first kappa shape index (κ1) is 13.7. The molecule has 0 radical (unpaired) electrons. The fourth-order valence-electron chi connectivity index (χ4n) is 1.73. The van der Waals surface area contributed by atoms with Crippen molar-refractivity contribution in [2.45, 2.75) is 13.5 Å². The molecule has 3 N–H and O–H groups in total. The van der Waals surface area contributed by atoms with Gasteiger partial charge in [0.05, 0.1) is 5.69 Å². The second kappa shape index (κ2) is 5.92. The SMILES string of the molecule is CC(=O)c1ccnc(C(=O)NCc2cccnc2)c1N. The summed E-state index contributed by atoms with van der Waals surface area (Å²) in [5, 5.41) is 2.69. The van der Waals surface area contributed by atoms with Gasteiger partial charge in [-0.3, -0.25) is 14.6 Å². The molecule has 0 aliphatic carbocycles. The zero-order chi connectivity index (χ0) is 14.5. The van der Waals surface area contributed by atoms with Crippen LogP contribution in [0, 0.1) is 0 Å². The molecule has 20 heavy (non-hydrogen) atoms. The lowest BCUT2D eigenvalue weighted by molar-refractivity contribution is 0.0947. The van der Waals surface area contributed by atoms with Gasteiger partial charge in [0.15, 0.2) is 11.5 Å². The second-order valence-electron chi connectivity index (χ2n) is 4.22. The quantitative estimate of drug-likeness (QED) is 0.813. The Balaban J connectivity index is 2.14. The van der Waals surface area contributed by atoms with E-state index in [1.165, 1.54) is 19.2 Å². The van der Waals surface area contributed by atoms with E-state index in [1.807, 2.05) is 6.07 Å². The third kappa shape index (κ3) is 2.97. The summed E-state index contributed by atoms with van der Waals surface area (Å²) in [5.41, 5.74) is 7.12. The van der Waals surface area contributed by atoms with Crippen molar-refractivity contribution in [3.63, 3.8) is 0 Å². The maximum absolute atomic E-state index is 12.0. The number of hydrogen-bond donors (Lipinski definition) is 2. The van der Waals surface area contributed by atoms with Crippen LogP contribution in [-0.2, 0) is 6.54 Å². The highest BCUT2D eigenvalue weighted by Gasteiger charge is 2.15. The molecule has 0 unspecified atom stereocenters. The van der Waals surface area contributed by atoms with E-state index in [4.69, 9.17) is 5.73 Å². The van der Waals surface area contributed by atoms with Crippen molar-refractivity contribution < 1.29 is 9.59 Å². The molecule has 102 valence electrons. The van der Waals surface area contributed by atoms with Crippen molar-refractivity contribution >= 4 is 17.4 Å². The number of anilines is 1. The van der Waals surface area contributed by atoms with Crippen LogP contribution < -0.4 is 11.1 Å². The zero-order valence-corrected chi connectivity index (χ0v) is 11.0. The Morgan fingerprint density at radius 3 is 2.75 bits per heavy atom. The number of hydrogen-bond acceptors (Lipinski definition) is 5. The van der Waals surface area contributed by atoms with Crippen LogP contribution in [0.15, 0.2) is 36.8 Å². The summed E-state index contributed by atoms with van der Waals surface area (Å²) in [6.07, 6.45) is 4.70. The van der Waals surface area contributed by atoms with Gasteiger partial charge >= 0.3 is 0 Å². The highest BCUT2D eigenvalue weighted by molar-refractivity contribution is 6.05. The average molecular weight is 270 g/mol. The first-order chi connectivity index (χ1) is 9.59. The summed E-state index contributed by atoms with van der Waals surface area (Å²) in [7, 11) is 0. The van der Waals surface area contributed by atoms with E-state index in [0.29, 0.717) is 12.1 Å². The molecule has 0 spiro atoms. The van der Waals surface area contributed by atoms with Crippen LogP contribution in [0.5, 0.6) is 0 Å². The highest BCUT2D eigenvalue weighted by atomic mass is 16.2. The van der Waals surface area contributed by atoms with Gasteiger partial charge in [-0.15, -0.1) is 0 Å². The maximum Gasteiger partial charge on any atom is 0.272 e. The van der Waals surface area contributed by atoms with Crippen LogP contribution in [0.4, 0.5) is 5.69 Å². The van der Waals surface area contributed by atoms with Crippen LogP contribution in [-0.4, -0.2) is 21.7 Å². The van der Waals surface area contributed by atoms with Crippen molar-refractivity contribution in [2.24, 2.45) is 0 Å². The van der Waals surface area contributed by atoms with E-state index in [9.17, 15) is 9.59 Å². The van der Waals surface area contributed by atoms with E-state index in [1.54, 1.807) is 18.5 Å². The molecule has 0 aliphatic rings. The van der Waals surface area contributed by atoms with Gasteiger partial charge < -0.3 is 11.1 Å². The largest absolute Gasteiger partial charge is 0.396 e. The summed E-state index contributed by atoms with van der Waals surface area (Å²) in [6.45, 7) is 1.71. The predicted octanol–water partition coefficient (Wildman–Crippen LogP) is 1.19. The van der Waals surface area contributed by atoms with Gasteiger partial charge in [-0.2, -0.15) is 0 Å². The lowest BCUT2D eigenvalue weighted by atomic mass is 10.1. The minimum absolute atomic E-state index is 0.0570. The maximum atomic E-state index is 12.0. The standard InChI is InChI=1S/C14H14N4O2/c1-9(19)11-4-6-17-13(12(11)15)14(20)18-8-10-3-2-5-16-7-10/h2-7H,8,15H2,1H3,(H,18,20). The summed E-state index contributed by atoms with van der Waals surface area (Å²) in [5.74, 6) is -0.624. The molecule has 2 heterocycles. The Morgan fingerprint density at radius 1 is 1.30 bits per heavy atom. The van der Waals surface area contributed by atoms with Gasteiger partial charge in [0.25, 0.3) is 5.91 Å². The van der Waals surface area contributed by atoms with Gasteiger partial charge in [0.1, 0.15) is 0 Å². The van der Waals surface area contributed by atoms with Crippen LogP contribution in [0.1, 0.15) is 33.3 Å². The predicted molar refractivity (Wildman–Crippen MR) is 74.1 cm³/mol. The molecular weight excluding hydrogens is 256 g/mol. The summed E-state index contributed by atoms with van der Waals surface area (Å²) < 4.78 is 0. The van der Waals surface area contributed by atoms with Crippen molar-refractivity contribution in [3.05, 3.63) is 53.6 Å². The van der Waals surface area contributed by atoms with Crippen molar-refractivity contribution in [1.82, 2.24) is 15.3 Å². The number of aromatic nitrogens is 2. The lowest BCUT2D eigenvalue weighted by Crippen LogP contribution is -2.25. The molecule has 0 saturated heterocycles. The van der Waals surface area contributed by atoms with Crippen LogP contribution in [0.3, 0.4) is 0 Å². The zero-order valence-electron chi connectivity index (χ0n) is 11.0. The monoisotopic (exact) mass is 270 g/mol. The van der Waals surface area contributed by atoms with Crippen molar-refractivity contribution in [3.8, 4) is 0 Å². The average Bonchev–Trinajstić information content (AvgIpc) is 2.46. The molecule has 2 rings (SSSR count). The number of Topliss-reactive ketones (excluding diaryl/α,β-unsaturated/α-hetero) is 1. The van der Waals surface area contributed by atoms with E-state index >= 15 is 0 Å². The Kier molecular flexibility index (Phi) is 4.05. The number of nitrogens with two attached hydrogens (primary N) is 1. The van der Waals surface area contributed by atoms with E-state index in [-0.39, 0.29) is 17.2 Å². The number of nitrogen functional groups attached to an aromatic ring is 1. The number of amides is 1. The molecule has 0 aromatic carbocycles. The van der Waals surface area contributed by atoms with Gasteiger partial charge in [-0.25, -0.2) is 4.98 Å². The molecule has 0 fully saturated rings. The van der Waals surface area contributed by atoms with Crippen LogP contribution in [0.25, 0.3) is 0 Å². The molecule has 2 aromatic rings. The molecule has 2 aromatic heterocycles. The van der Waals surface area contributed by atoms with Gasteiger partial charge in [-0.1, -0.05) is 6.07 Å². The topological polar surface area (TPSA) is 98.0 Å². The molecule has 1 amide bonds. The first-order valence-electron chi connectivity index (χ1n) is 6.02. The first-order valence-corrected chi connectivity index (χ1v) is 6.02. The minimum atomic E-state index is -0.422. The highest BCUT2D eigenvalue weighted by Crippen LogP contribution is 2.15. The molecule has 0 saturated carbocycles. The fourth-order valence-corrected chi connectivity index (χ4v) is 1.73. The summed E-state index contributed by atoms with van der Waals surface area (Å²) in [4.78, 5) is 31.3. The number of rotatable bonds is 4. The number of nitrogens with one attached hydrogen (secondary N) is 1. The lowest BCUT2D eigenvalue weighted by Gasteiger charge is -2.08. The van der Waals surface area contributed by atoms with Gasteiger partial charge in [0.2, 0.25) is 0 Å². The van der Waals surface area contributed by atoms with E-state index in [0.717, 1.165) is 5.56 Å². The minimum Gasteiger partial charge on any atom is -0.396 e. The Hall–Kier alpha value is -2.76. The molecule has 0 atom stereocenters. The normalized spacial score (nSPS) is 10.1. The van der Waals surface area contributed by atoms with Crippen molar-refractivity contribution in [2.75, 3.05) is 5.73 Å². The molecule has 6 nitrogen and oxygen atoms in total. The Bertz CT molecular complexity index is 641. The van der Waals surface area contributed by atoms with Crippen LogP contribution in [0.2, 0.25) is 0 Å². The molecule has 0 bridgehead atoms. The third-order valence-corrected chi connectivity index (χ3v) is 2.76. The third-order valence-electron chi connectivity index (χ3n) is 2.76. The second-order valence-corrected chi connectivity index (χ2v) is 4.22. The summed E-state index contributed by atoms with van der Waals surface area (Å²) in [6, 6.07) is 5.12. The Morgan fingerprint density at radius 2 is 2.10 bits per heavy atom.